The van der Waals surface area contributed by atoms with E-state index in [9.17, 15) is 47.9 Å². The molecule has 0 radical (unpaired) electrons. The van der Waals surface area contributed by atoms with Crippen LogP contribution in [0, 0.1) is 23.7 Å². The molecule has 2 aromatic carbocycles. The summed E-state index contributed by atoms with van der Waals surface area (Å²) in [5.41, 5.74) is 11.2. The number of likely N-dealkylation sites (tertiary alicyclic amines) is 1. The largest absolute Gasteiger partial charge is 0.445 e. The molecule has 11 atom stereocenters. The normalized spacial score (nSPS) is 16.3. The number of ether oxygens (including phenoxy) is 3. The average molecular weight is 1360 g/mol. The Labute approximate surface area is 570 Å². The fourth-order valence-corrected chi connectivity index (χ4v) is 12.3. The topological polar surface area (TPSA) is 369 Å². The molecule has 1 fully saturated rings. The Kier molecular flexibility index (Phi) is 33.6. The third kappa shape index (κ3) is 25.3. The fraction of sp³-hybridized carbons (Fsp3) is 0.632. The van der Waals surface area contributed by atoms with E-state index < -0.39 is 113 Å². The van der Waals surface area contributed by atoms with Crippen LogP contribution in [0.4, 0.5) is 15.3 Å². The summed E-state index contributed by atoms with van der Waals surface area (Å²) in [6.07, 6.45) is 3.53. The van der Waals surface area contributed by atoms with Gasteiger partial charge in [0.25, 0.3) is 0 Å². The number of carbonyl (C=O) groups is 10. The lowest BCUT2D eigenvalue weighted by molar-refractivity contribution is -0.148. The zero-order valence-electron chi connectivity index (χ0n) is 58.6. The number of rotatable bonds is 40. The zero-order valence-corrected chi connectivity index (χ0v) is 59.4. The van der Waals surface area contributed by atoms with Gasteiger partial charge in [-0.25, -0.2) is 14.6 Å². The number of nitrogens with zero attached hydrogens (tertiary/aromatic N) is 4. The first-order valence-corrected chi connectivity index (χ1v) is 34.1. The van der Waals surface area contributed by atoms with Crippen LogP contribution in [0.3, 0.4) is 0 Å². The number of nitrogens with one attached hydrogen (secondary N) is 8. The summed E-state index contributed by atoms with van der Waals surface area (Å²) in [5.74, 6) is -5.43. The number of anilines is 1. The van der Waals surface area contributed by atoms with Crippen molar-refractivity contribution in [1.29, 1.82) is 0 Å². The molecule has 0 unspecified atom stereocenters. The van der Waals surface area contributed by atoms with Gasteiger partial charge in [-0.2, -0.15) is 0 Å². The number of carbonyl (C=O) groups excluding carboxylic acids is 10. The number of hydrogen-bond donors (Lipinski definition) is 10. The quantitative estimate of drug-likeness (QED) is 0.0351. The molecule has 1 aromatic heterocycles. The summed E-state index contributed by atoms with van der Waals surface area (Å²) in [5, 5.41) is 24.9. The monoisotopic (exact) mass is 1360 g/mol. The Bertz CT molecular complexity index is 2980. The van der Waals surface area contributed by atoms with Crippen molar-refractivity contribution in [2.24, 2.45) is 35.1 Å². The molecule has 1 aliphatic heterocycles. The Morgan fingerprint density at radius 1 is 0.760 bits per heavy atom. The number of amides is 11. The van der Waals surface area contributed by atoms with Gasteiger partial charge in [0.1, 0.15) is 41.3 Å². The van der Waals surface area contributed by atoms with Gasteiger partial charge >= 0.3 is 12.1 Å². The van der Waals surface area contributed by atoms with Crippen LogP contribution in [0.25, 0.3) is 0 Å². The van der Waals surface area contributed by atoms with Gasteiger partial charge in [-0.3, -0.25) is 38.4 Å². The van der Waals surface area contributed by atoms with Crippen molar-refractivity contribution in [3.63, 3.8) is 0 Å². The first-order valence-electron chi connectivity index (χ1n) is 33.3. The van der Waals surface area contributed by atoms with Crippen LogP contribution >= 0.6 is 11.3 Å². The van der Waals surface area contributed by atoms with Crippen molar-refractivity contribution in [3.8, 4) is 0 Å². The second kappa shape index (κ2) is 40.1. The number of benzene rings is 2. The molecule has 12 N–H and O–H groups in total. The van der Waals surface area contributed by atoms with Crippen LogP contribution in [-0.4, -0.2) is 195 Å². The van der Waals surface area contributed by atoms with Gasteiger partial charge in [-0.1, -0.05) is 97.4 Å². The molecule has 534 valence electrons. The van der Waals surface area contributed by atoms with E-state index in [1.54, 1.807) is 101 Å². The Morgan fingerprint density at radius 2 is 1.42 bits per heavy atom. The molecule has 1 saturated heterocycles. The number of primary amides is 1. The summed E-state index contributed by atoms with van der Waals surface area (Å²) in [4.78, 5) is 146. The van der Waals surface area contributed by atoms with Gasteiger partial charge in [0, 0.05) is 51.6 Å². The molecular weight excluding hydrogens is 1250 g/mol. The molecule has 2 heterocycles. The maximum atomic E-state index is 14.7. The number of methoxy groups -OCH3 is 2. The van der Waals surface area contributed by atoms with Crippen molar-refractivity contribution in [2.75, 3.05) is 66.9 Å². The Hall–Kier alpha value is -7.79. The smallest absolute Gasteiger partial charge is 0.408 e. The lowest BCUT2D eigenvalue weighted by atomic mass is 9.89. The number of nitrogens with two attached hydrogens (primary N) is 2. The van der Waals surface area contributed by atoms with Crippen LogP contribution in [0.1, 0.15) is 142 Å². The molecule has 27 nitrogen and oxygen atoms in total. The third-order valence-electron chi connectivity index (χ3n) is 17.3. The SMILES string of the molecule is CC[C@H](C)[C@@H]([C@@H](CC(=O)N1CCC[C@H]1[C@H](OC)[C@@H](C)C(=O)N[C@@H](Cc1ccccc1)c1nccs1)OC)N(C)C(=O)[C@@H](NC(=O)C(C)(C)NC(=O)OCc1ccc(NC(=O)[C@H](CCCNC(N)=O)NC(=O)[C@@H](NC(=O)[C@H](CCCCN)NC(=O)CN(C)C)C(C)C)cc1)C(C)C. The van der Waals surface area contributed by atoms with Gasteiger partial charge in [0.2, 0.25) is 47.3 Å². The van der Waals surface area contributed by atoms with Crippen LogP contribution in [0.2, 0.25) is 0 Å². The summed E-state index contributed by atoms with van der Waals surface area (Å²) >= 11 is 1.47. The van der Waals surface area contributed by atoms with Crippen molar-refractivity contribution in [2.45, 2.75) is 193 Å². The number of aromatic nitrogens is 1. The minimum absolute atomic E-state index is 0.0417. The first kappa shape index (κ1) is 80.6. The highest BCUT2D eigenvalue weighted by molar-refractivity contribution is 7.09. The maximum absolute atomic E-state index is 14.7. The molecule has 4 rings (SSSR count). The predicted octanol–water partition coefficient (Wildman–Crippen LogP) is 4.50. The van der Waals surface area contributed by atoms with Gasteiger partial charge in [0.05, 0.1) is 49.2 Å². The number of alkyl carbamates (subject to hydrolysis) is 1. The summed E-state index contributed by atoms with van der Waals surface area (Å²) in [6, 6.07) is 9.75. The van der Waals surface area contributed by atoms with Crippen LogP contribution in [0.15, 0.2) is 66.2 Å². The first-order chi connectivity index (χ1) is 45.5. The van der Waals surface area contributed by atoms with E-state index in [-0.39, 0.29) is 75.1 Å². The summed E-state index contributed by atoms with van der Waals surface area (Å²) < 4.78 is 17.7. The molecular formula is C68H108N14O13S. The van der Waals surface area contributed by atoms with E-state index in [0.717, 1.165) is 10.6 Å². The molecule has 11 amide bonds. The maximum Gasteiger partial charge on any atom is 0.408 e. The highest BCUT2D eigenvalue weighted by Crippen LogP contribution is 2.31. The summed E-state index contributed by atoms with van der Waals surface area (Å²) in [6.45, 7) is 16.5. The van der Waals surface area contributed by atoms with Crippen molar-refractivity contribution in [1.82, 2.24) is 56.9 Å². The van der Waals surface area contributed by atoms with Crippen molar-refractivity contribution >= 4 is 76.4 Å². The fourth-order valence-electron chi connectivity index (χ4n) is 11.7. The second-order valence-electron chi connectivity index (χ2n) is 26.3. The molecule has 0 bridgehead atoms. The summed E-state index contributed by atoms with van der Waals surface area (Å²) in [7, 11) is 8.13. The van der Waals surface area contributed by atoms with E-state index in [1.165, 1.54) is 32.3 Å². The Balaban J connectivity index is 1.38. The number of thiazole rings is 1. The lowest BCUT2D eigenvalue weighted by Gasteiger charge is -2.41. The van der Waals surface area contributed by atoms with Crippen LogP contribution in [0.5, 0.6) is 0 Å². The molecule has 3 aromatic rings. The standard InChI is InChI=1S/C68H108N14O13S/c1-15-43(6)57(52(93-13)38-54(84)82-35-22-27-51(82)58(94-14)44(7)59(85)76-50(63-71-34-36-96-63)37-45-23-17-16-18-24-45)81(12)64(89)56(42(4)5)78-65(90)68(8,9)79-67(92)95-40-46-28-30-47(31-29-46)73-60(86)49(26-21-33-72-66(70)91)75-62(88)55(41(2)3)77-61(87)48(25-19-20-32-69)74-53(83)39-80(10)11/h16-18,23-24,28-31,34,36,41-44,48-52,55-58H,15,19-22,25-27,32-33,35,37-40,69H2,1-14H3,(H,73,86)(H,74,83)(H,75,88)(H,76,85)(H,77,87)(H,78,90)(H,79,92)(H3,70,72,91)/t43-,44+,48-,49-,50-,51-,52+,55-,56-,57-,58+/m0/s1. The predicted molar refractivity (Wildman–Crippen MR) is 367 cm³/mol. The molecule has 96 heavy (non-hydrogen) atoms. The number of likely N-dealkylation sites (N-methyl/N-ethyl adjacent to an activating group) is 2. The highest BCUT2D eigenvalue weighted by atomic mass is 32.1. The lowest BCUT2D eigenvalue weighted by Crippen LogP contribution is -2.62. The average Bonchev–Trinajstić information content (AvgIpc) is 1.37. The van der Waals surface area contributed by atoms with Crippen LogP contribution in [-0.2, 0) is 65.6 Å². The van der Waals surface area contributed by atoms with Gasteiger partial charge in [-0.15, -0.1) is 11.3 Å². The van der Waals surface area contributed by atoms with Gasteiger partial charge < -0.3 is 82.9 Å². The van der Waals surface area contributed by atoms with Gasteiger partial charge in [-0.05, 0) is 127 Å². The molecule has 0 aliphatic carbocycles. The van der Waals surface area contributed by atoms with Crippen LogP contribution < -0.4 is 54.0 Å². The Morgan fingerprint density at radius 3 is 2.00 bits per heavy atom. The second-order valence-corrected chi connectivity index (χ2v) is 27.2. The van der Waals surface area contributed by atoms with E-state index in [0.29, 0.717) is 62.9 Å². The van der Waals surface area contributed by atoms with Crippen molar-refractivity contribution in [3.05, 3.63) is 82.3 Å². The zero-order chi connectivity index (χ0) is 71.4. The minimum Gasteiger partial charge on any atom is -0.445 e. The van der Waals surface area contributed by atoms with E-state index >= 15 is 0 Å². The molecule has 0 spiro atoms. The number of hydrogen-bond acceptors (Lipinski definition) is 17. The molecule has 1 aliphatic rings. The number of urea groups is 1. The van der Waals surface area contributed by atoms with Gasteiger partial charge in [0.15, 0.2) is 0 Å². The molecule has 0 saturated carbocycles. The number of unbranched alkanes of at least 4 members (excludes halogenated alkanes) is 1. The third-order valence-corrected chi connectivity index (χ3v) is 18.2. The van der Waals surface area contributed by atoms with Crippen molar-refractivity contribution < 1.29 is 62.2 Å². The van der Waals surface area contributed by atoms with E-state index in [1.807, 2.05) is 56.5 Å². The van der Waals surface area contributed by atoms with E-state index in [2.05, 4.69) is 47.5 Å². The minimum atomic E-state index is -1.59. The molecule has 28 heteroatoms. The highest BCUT2D eigenvalue weighted by Gasteiger charge is 2.44. The van der Waals surface area contributed by atoms with E-state index in [4.69, 9.17) is 25.7 Å².